The van der Waals surface area contributed by atoms with Crippen LogP contribution in [-0.4, -0.2) is 54.5 Å². The molecule has 0 spiro atoms. The SMILES string of the molecule is COc1ccc(CCN2C(=O)N[C@@H](CC(=O)Nc3nc(C)cs3)C2=O)cc1OC. The first-order valence-electron chi connectivity index (χ1n) is 8.96. The number of imide groups is 1. The zero-order valence-electron chi connectivity index (χ0n) is 16.4. The molecule has 1 aliphatic heterocycles. The third kappa shape index (κ3) is 4.83. The highest BCUT2D eigenvalue weighted by molar-refractivity contribution is 7.13. The number of hydrogen-bond acceptors (Lipinski definition) is 7. The van der Waals surface area contributed by atoms with E-state index in [0.29, 0.717) is 23.1 Å². The molecule has 1 atom stereocenters. The fourth-order valence-corrected chi connectivity index (χ4v) is 3.68. The van der Waals surface area contributed by atoms with Gasteiger partial charge in [0, 0.05) is 11.9 Å². The lowest BCUT2D eigenvalue weighted by Crippen LogP contribution is -2.34. The van der Waals surface area contributed by atoms with E-state index in [9.17, 15) is 14.4 Å². The van der Waals surface area contributed by atoms with Crippen molar-refractivity contribution in [3.05, 3.63) is 34.8 Å². The molecular weight excluding hydrogens is 396 g/mol. The van der Waals surface area contributed by atoms with Crippen LogP contribution in [0.25, 0.3) is 0 Å². The van der Waals surface area contributed by atoms with Gasteiger partial charge in [-0.1, -0.05) is 6.07 Å². The Kier molecular flexibility index (Phi) is 6.32. The number of urea groups is 1. The fourth-order valence-electron chi connectivity index (χ4n) is 2.97. The fraction of sp³-hybridized carbons (Fsp3) is 0.368. The maximum atomic E-state index is 12.6. The number of carbonyl (C=O) groups is 3. The number of aryl methyl sites for hydroxylation is 1. The van der Waals surface area contributed by atoms with E-state index in [1.807, 2.05) is 18.4 Å². The van der Waals surface area contributed by atoms with Crippen molar-refractivity contribution in [2.24, 2.45) is 0 Å². The molecule has 1 aliphatic rings. The largest absolute Gasteiger partial charge is 0.493 e. The Morgan fingerprint density at radius 1 is 1.28 bits per heavy atom. The minimum atomic E-state index is -0.881. The van der Waals surface area contributed by atoms with Crippen LogP contribution in [0.1, 0.15) is 17.7 Å². The molecule has 29 heavy (non-hydrogen) atoms. The van der Waals surface area contributed by atoms with Crippen molar-refractivity contribution in [1.29, 1.82) is 0 Å². The first-order chi connectivity index (χ1) is 13.9. The molecule has 10 heteroatoms. The summed E-state index contributed by atoms with van der Waals surface area (Å²) in [5, 5.41) is 7.49. The van der Waals surface area contributed by atoms with Crippen molar-refractivity contribution in [2.45, 2.75) is 25.8 Å². The molecule has 1 saturated heterocycles. The van der Waals surface area contributed by atoms with Crippen LogP contribution in [0.5, 0.6) is 11.5 Å². The van der Waals surface area contributed by atoms with Gasteiger partial charge in [0.05, 0.1) is 26.3 Å². The Bertz CT molecular complexity index is 929. The lowest BCUT2D eigenvalue weighted by Gasteiger charge is -2.14. The van der Waals surface area contributed by atoms with E-state index in [4.69, 9.17) is 9.47 Å². The van der Waals surface area contributed by atoms with Gasteiger partial charge in [-0.05, 0) is 31.0 Å². The van der Waals surface area contributed by atoms with Crippen LogP contribution in [0.2, 0.25) is 0 Å². The number of rotatable bonds is 8. The highest BCUT2D eigenvalue weighted by Crippen LogP contribution is 2.28. The summed E-state index contributed by atoms with van der Waals surface area (Å²) in [6, 6.07) is 4.04. The number of anilines is 1. The average Bonchev–Trinajstić information content (AvgIpc) is 3.22. The number of ether oxygens (including phenoxy) is 2. The van der Waals surface area contributed by atoms with E-state index in [0.717, 1.165) is 16.2 Å². The quantitative estimate of drug-likeness (QED) is 0.634. The van der Waals surface area contributed by atoms with Crippen LogP contribution in [0.3, 0.4) is 0 Å². The van der Waals surface area contributed by atoms with Gasteiger partial charge in [-0.2, -0.15) is 0 Å². The smallest absolute Gasteiger partial charge is 0.324 e. The molecule has 4 amide bonds. The highest BCUT2D eigenvalue weighted by Gasteiger charge is 2.38. The van der Waals surface area contributed by atoms with Gasteiger partial charge in [-0.3, -0.25) is 14.5 Å². The Labute approximate surface area is 172 Å². The van der Waals surface area contributed by atoms with Gasteiger partial charge in [0.1, 0.15) is 6.04 Å². The monoisotopic (exact) mass is 418 g/mol. The number of hydrogen-bond donors (Lipinski definition) is 2. The number of carbonyl (C=O) groups excluding carboxylic acids is 3. The summed E-state index contributed by atoms with van der Waals surface area (Å²) in [6.45, 7) is 2.02. The Morgan fingerprint density at radius 3 is 2.69 bits per heavy atom. The van der Waals surface area contributed by atoms with Crippen molar-refractivity contribution in [1.82, 2.24) is 15.2 Å². The first-order valence-corrected chi connectivity index (χ1v) is 9.84. The number of aromatic nitrogens is 1. The molecule has 0 aliphatic carbocycles. The summed E-state index contributed by atoms with van der Waals surface area (Å²) >= 11 is 1.30. The summed E-state index contributed by atoms with van der Waals surface area (Å²) in [6.07, 6.45) is 0.312. The minimum Gasteiger partial charge on any atom is -0.493 e. The van der Waals surface area contributed by atoms with Crippen LogP contribution >= 0.6 is 11.3 Å². The second-order valence-electron chi connectivity index (χ2n) is 6.48. The van der Waals surface area contributed by atoms with Gasteiger partial charge < -0.3 is 20.1 Å². The zero-order valence-corrected chi connectivity index (χ0v) is 17.2. The van der Waals surface area contributed by atoms with Gasteiger partial charge in [0.2, 0.25) is 5.91 Å². The molecule has 2 heterocycles. The number of nitrogens with one attached hydrogen (secondary N) is 2. The summed E-state index contributed by atoms with van der Waals surface area (Å²) in [7, 11) is 3.10. The number of benzene rings is 1. The topological polar surface area (TPSA) is 110 Å². The standard InChI is InChI=1S/C19H22N4O5S/c1-11-10-29-18(20-11)22-16(24)9-13-17(25)23(19(26)21-13)7-6-12-4-5-14(27-2)15(8-12)28-3/h4-5,8,10,13H,6-7,9H2,1-3H3,(H,21,26)(H,20,22,24)/t13-/m0/s1. The molecule has 1 aromatic heterocycles. The molecule has 2 N–H and O–H groups in total. The Hall–Kier alpha value is -3.14. The van der Waals surface area contributed by atoms with E-state index >= 15 is 0 Å². The summed E-state index contributed by atoms with van der Waals surface area (Å²) in [5.74, 6) is 0.391. The van der Waals surface area contributed by atoms with E-state index in [-0.39, 0.29) is 18.9 Å². The second-order valence-corrected chi connectivity index (χ2v) is 7.34. The number of thiazole rings is 1. The summed E-state index contributed by atoms with van der Waals surface area (Å²) < 4.78 is 10.5. The van der Waals surface area contributed by atoms with Gasteiger partial charge in [0.15, 0.2) is 16.6 Å². The summed E-state index contributed by atoms with van der Waals surface area (Å²) in [5.41, 5.74) is 1.69. The Balaban J connectivity index is 1.56. The zero-order chi connectivity index (χ0) is 21.0. The van der Waals surface area contributed by atoms with Gasteiger partial charge in [0.25, 0.3) is 5.91 Å². The lowest BCUT2D eigenvalue weighted by molar-refractivity contribution is -0.129. The van der Waals surface area contributed by atoms with Crippen LogP contribution in [0.15, 0.2) is 23.6 Å². The lowest BCUT2D eigenvalue weighted by atomic mass is 10.1. The molecule has 154 valence electrons. The van der Waals surface area contributed by atoms with E-state index < -0.39 is 18.0 Å². The van der Waals surface area contributed by atoms with Crippen LogP contribution in [0.4, 0.5) is 9.93 Å². The van der Waals surface area contributed by atoms with Crippen molar-refractivity contribution >= 4 is 34.3 Å². The van der Waals surface area contributed by atoms with Crippen molar-refractivity contribution in [2.75, 3.05) is 26.1 Å². The average molecular weight is 418 g/mol. The molecule has 2 aromatic rings. The molecule has 9 nitrogen and oxygen atoms in total. The molecule has 0 radical (unpaired) electrons. The Morgan fingerprint density at radius 2 is 2.03 bits per heavy atom. The molecule has 0 bridgehead atoms. The molecule has 3 rings (SSSR count). The van der Waals surface area contributed by atoms with Crippen molar-refractivity contribution in [3.8, 4) is 11.5 Å². The maximum Gasteiger partial charge on any atom is 0.324 e. The third-order valence-corrected chi connectivity index (χ3v) is 5.31. The van der Waals surface area contributed by atoms with Crippen molar-refractivity contribution in [3.63, 3.8) is 0 Å². The van der Waals surface area contributed by atoms with E-state index in [2.05, 4.69) is 15.6 Å². The molecule has 0 saturated carbocycles. The number of nitrogens with zero attached hydrogens (tertiary/aromatic N) is 2. The summed E-state index contributed by atoms with van der Waals surface area (Å²) in [4.78, 5) is 42.2. The second kappa shape index (κ2) is 8.91. The minimum absolute atomic E-state index is 0.143. The van der Waals surface area contributed by atoms with Crippen molar-refractivity contribution < 1.29 is 23.9 Å². The predicted octanol–water partition coefficient (Wildman–Crippen LogP) is 1.96. The first kappa shape index (κ1) is 20.6. The normalized spacial score (nSPS) is 16.0. The highest BCUT2D eigenvalue weighted by atomic mass is 32.1. The van der Waals surface area contributed by atoms with Crippen LogP contribution in [-0.2, 0) is 16.0 Å². The molecule has 0 unspecified atom stereocenters. The van der Waals surface area contributed by atoms with E-state index in [1.165, 1.54) is 11.3 Å². The predicted molar refractivity (Wildman–Crippen MR) is 107 cm³/mol. The van der Waals surface area contributed by atoms with Gasteiger partial charge >= 0.3 is 6.03 Å². The van der Waals surface area contributed by atoms with Crippen LogP contribution < -0.4 is 20.1 Å². The maximum absolute atomic E-state index is 12.6. The molecule has 1 aromatic carbocycles. The van der Waals surface area contributed by atoms with E-state index in [1.54, 1.807) is 26.4 Å². The van der Waals surface area contributed by atoms with Crippen LogP contribution in [0, 0.1) is 6.92 Å². The van der Waals surface area contributed by atoms with Gasteiger partial charge in [-0.25, -0.2) is 9.78 Å². The number of amides is 4. The molecule has 1 fully saturated rings. The molecular formula is C19H22N4O5S. The number of methoxy groups -OCH3 is 2. The van der Waals surface area contributed by atoms with Gasteiger partial charge in [-0.15, -0.1) is 11.3 Å². The third-order valence-electron chi connectivity index (χ3n) is 4.43.